The van der Waals surface area contributed by atoms with Crippen molar-refractivity contribution in [1.82, 2.24) is 15.2 Å². The minimum Gasteiger partial charge on any atom is -0.351 e. The highest BCUT2D eigenvalue weighted by molar-refractivity contribution is 7.18. The molecular weight excluding hydrogens is 389 g/mol. The van der Waals surface area contributed by atoms with Gasteiger partial charge in [-0.15, -0.1) is 11.3 Å². The molecule has 0 spiro atoms. The number of fused-ring (bicyclic) bond motifs is 1. The zero-order valence-electron chi connectivity index (χ0n) is 14.5. The normalized spacial score (nSPS) is 12.5. The van der Waals surface area contributed by atoms with Crippen molar-refractivity contribution in [2.45, 2.75) is 19.5 Å². The van der Waals surface area contributed by atoms with Crippen molar-refractivity contribution in [2.24, 2.45) is 0 Å². The Bertz CT molecular complexity index is 895. The van der Waals surface area contributed by atoms with Crippen molar-refractivity contribution in [3.05, 3.63) is 63.1 Å². The highest BCUT2D eigenvalue weighted by atomic mass is 35.5. The van der Waals surface area contributed by atoms with E-state index in [4.69, 9.17) is 23.2 Å². The van der Waals surface area contributed by atoms with Crippen LogP contribution in [0.1, 0.15) is 23.5 Å². The average molecular weight is 408 g/mol. The monoisotopic (exact) mass is 407 g/mol. The van der Waals surface area contributed by atoms with Crippen molar-refractivity contribution < 1.29 is 4.79 Å². The van der Waals surface area contributed by atoms with Crippen LogP contribution in [0.3, 0.4) is 0 Å². The van der Waals surface area contributed by atoms with Gasteiger partial charge in [-0.25, -0.2) is 4.98 Å². The van der Waals surface area contributed by atoms with Crippen molar-refractivity contribution in [1.29, 1.82) is 0 Å². The lowest BCUT2D eigenvalue weighted by Gasteiger charge is -2.22. The highest BCUT2D eigenvalue weighted by Crippen LogP contribution is 2.28. The van der Waals surface area contributed by atoms with Crippen molar-refractivity contribution in [3.63, 3.8) is 0 Å². The predicted molar refractivity (Wildman–Crippen MR) is 109 cm³/mol. The van der Waals surface area contributed by atoms with Gasteiger partial charge in [-0.05, 0) is 43.8 Å². The van der Waals surface area contributed by atoms with E-state index in [0.29, 0.717) is 16.6 Å². The first-order valence-electron chi connectivity index (χ1n) is 8.20. The minimum atomic E-state index is -0.0634. The summed E-state index contributed by atoms with van der Waals surface area (Å²) in [6, 6.07) is 13.4. The number of carbonyl (C=O) groups excluding carboxylic acids is 1. The first-order valence-corrected chi connectivity index (χ1v) is 9.77. The number of nitrogens with one attached hydrogen (secondary N) is 1. The van der Waals surface area contributed by atoms with E-state index in [-0.39, 0.29) is 18.5 Å². The Kier molecular flexibility index (Phi) is 6.14. The van der Waals surface area contributed by atoms with E-state index in [9.17, 15) is 4.79 Å². The van der Waals surface area contributed by atoms with E-state index in [1.165, 1.54) is 0 Å². The second-order valence-electron chi connectivity index (χ2n) is 6.12. The molecule has 0 aliphatic rings. The zero-order valence-corrected chi connectivity index (χ0v) is 16.8. The maximum absolute atomic E-state index is 12.3. The molecule has 1 N–H and O–H groups in total. The summed E-state index contributed by atoms with van der Waals surface area (Å²) in [5, 5.41) is 5.03. The molecule has 1 amide bonds. The first-order chi connectivity index (χ1) is 12.4. The van der Waals surface area contributed by atoms with E-state index < -0.39 is 0 Å². The topological polar surface area (TPSA) is 45.2 Å². The third-order valence-corrected chi connectivity index (χ3v) is 6.01. The second kappa shape index (κ2) is 8.35. The number of rotatable bonds is 6. The Labute approximate surface area is 166 Å². The molecule has 1 aromatic heterocycles. The lowest BCUT2D eigenvalue weighted by Crippen LogP contribution is -2.36. The van der Waals surface area contributed by atoms with Crippen LogP contribution in [0.15, 0.2) is 42.5 Å². The molecule has 0 aliphatic carbocycles. The average Bonchev–Trinajstić information content (AvgIpc) is 3.04. The maximum atomic E-state index is 12.3. The number of hydrogen-bond acceptors (Lipinski definition) is 4. The number of hydrogen-bond donors (Lipinski definition) is 1. The van der Waals surface area contributed by atoms with Gasteiger partial charge in [0, 0.05) is 16.6 Å². The molecule has 3 rings (SSSR count). The van der Waals surface area contributed by atoms with E-state index >= 15 is 0 Å². The number of para-hydroxylation sites is 1. The van der Waals surface area contributed by atoms with Crippen molar-refractivity contribution in [2.75, 3.05) is 13.6 Å². The number of benzene rings is 2. The maximum Gasteiger partial charge on any atom is 0.234 e. The highest BCUT2D eigenvalue weighted by Gasteiger charge is 2.18. The number of amides is 1. The molecule has 136 valence electrons. The Morgan fingerprint density at radius 2 is 2.04 bits per heavy atom. The number of halogens is 2. The molecule has 2 aromatic carbocycles. The molecule has 0 bridgehead atoms. The van der Waals surface area contributed by atoms with Gasteiger partial charge in [-0.1, -0.05) is 41.4 Å². The largest absolute Gasteiger partial charge is 0.351 e. The van der Waals surface area contributed by atoms with Crippen molar-refractivity contribution in [3.8, 4) is 0 Å². The molecule has 0 unspecified atom stereocenters. The molecule has 0 radical (unpaired) electrons. The predicted octanol–water partition coefficient (Wildman–Crippen LogP) is 4.91. The number of likely N-dealkylation sites (N-methyl/N-ethyl adjacent to an activating group) is 1. The van der Waals surface area contributed by atoms with E-state index in [1.807, 2.05) is 36.2 Å². The quantitative estimate of drug-likeness (QED) is 0.630. The Hall–Kier alpha value is -1.66. The van der Waals surface area contributed by atoms with E-state index in [1.54, 1.807) is 23.5 Å². The summed E-state index contributed by atoms with van der Waals surface area (Å²) >= 11 is 13.7. The van der Waals surface area contributed by atoms with Crippen LogP contribution in [0.5, 0.6) is 0 Å². The van der Waals surface area contributed by atoms with Crippen LogP contribution in [-0.2, 0) is 11.3 Å². The van der Waals surface area contributed by atoms with Crippen LogP contribution >= 0.6 is 34.5 Å². The number of carbonyl (C=O) groups is 1. The van der Waals surface area contributed by atoms with Gasteiger partial charge < -0.3 is 5.32 Å². The summed E-state index contributed by atoms with van der Waals surface area (Å²) in [7, 11) is 1.92. The molecule has 4 nitrogen and oxygen atoms in total. The SMILES string of the molecule is C[C@@H](c1nc2ccccc2s1)N(C)CC(=O)NCc1ccc(Cl)cc1Cl. The van der Waals surface area contributed by atoms with Crippen LogP contribution in [0.25, 0.3) is 10.2 Å². The fourth-order valence-corrected chi connectivity index (χ4v) is 4.10. The molecule has 0 saturated carbocycles. The standard InChI is InChI=1S/C19H19Cl2N3OS/c1-12(19-23-16-5-3-4-6-17(16)26-19)24(2)11-18(25)22-10-13-7-8-14(20)9-15(13)21/h3-9,12H,10-11H2,1-2H3,(H,22,25)/t12-/m0/s1. The Morgan fingerprint density at radius 1 is 1.27 bits per heavy atom. The molecule has 3 aromatic rings. The fraction of sp³-hybridized carbons (Fsp3) is 0.263. The summed E-state index contributed by atoms with van der Waals surface area (Å²) in [5.41, 5.74) is 1.83. The number of thiazole rings is 1. The number of nitrogens with zero attached hydrogens (tertiary/aromatic N) is 2. The second-order valence-corrected chi connectivity index (χ2v) is 8.03. The molecular formula is C19H19Cl2N3OS. The van der Waals surface area contributed by atoms with Crippen LogP contribution in [0, 0.1) is 0 Å². The van der Waals surface area contributed by atoms with Crippen LogP contribution in [0.2, 0.25) is 10.0 Å². The zero-order chi connectivity index (χ0) is 18.7. The summed E-state index contributed by atoms with van der Waals surface area (Å²) in [4.78, 5) is 18.9. The lowest BCUT2D eigenvalue weighted by atomic mass is 10.2. The molecule has 0 saturated heterocycles. The van der Waals surface area contributed by atoms with E-state index in [2.05, 4.69) is 23.3 Å². The van der Waals surface area contributed by atoms with Gasteiger partial charge in [-0.3, -0.25) is 9.69 Å². The van der Waals surface area contributed by atoms with Gasteiger partial charge >= 0.3 is 0 Å². The molecule has 7 heteroatoms. The third-order valence-electron chi connectivity index (χ3n) is 4.21. The first kappa shape index (κ1) is 19.1. The molecule has 0 aliphatic heterocycles. The molecule has 1 heterocycles. The van der Waals surface area contributed by atoms with E-state index in [0.717, 1.165) is 20.8 Å². The molecule has 26 heavy (non-hydrogen) atoms. The van der Waals surface area contributed by atoms with Gasteiger partial charge in [0.1, 0.15) is 5.01 Å². The summed E-state index contributed by atoms with van der Waals surface area (Å²) in [6.07, 6.45) is 0. The molecule has 1 atom stereocenters. The van der Waals surface area contributed by atoms with Crippen LogP contribution in [-0.4, -0.2) is 29.4 Å². The minimum absolute atomic E-state index is 0.0530. The third kappa shape index (κ3) is 4.54. The number of aromatic nitrogens is 1. The van der Waals surface area contributed by atoms with Crippen molar-refractivity contribution >= 4 is 50.7 Å². The fourth-order valence-electron chi connectivity index (χ4n) is 2.54. The Balaban J connectivity index is 1.57. The summed E-state index contributed by atoms with van der Waals surface area (Å²) in [6.45, 7) is 2.71. The smallest absolute Gasteiger partial charge is 0.234 e. The van der Waals surface area contributed by atoms with Gasteiger partial charge in [0.25, 0.3) is 0 Å². The summed E-state index contributed by atoms with van der Waals surface area (Å²) < 4.78 is 1.16. The Morgan fingerprint density at radius 3 is 2.77 bits per heavy atom. The molecule has 0 fully saturated rings. The van der Waals surface area contributed by atoms with Gasteiger partial charge in [0.15, 0.2) is 0 Å². The van der Waals surface area contributed by atoms with Crippen LogP contribution in [0.4, 0.5) is 0 Å². The lowest BCUT2D eigenvalue weighted by molar-refractivity contribution is -0.122. The van der Waals surface area contributed by atoms with Gasteiger partial charge in [0.05, 0.1) is 22.8 Å². The van der Waals surface area contributed by atoms with Gasteiger partial charge in [0.2, 0.25) is 5.91 Å². The van der Waals surface area contributed by atoms with Gasteiger partial charge in [-0.2, -0.15) is 0 Å². The summed E-state index contributed by atoms with van der Waals surface area (Å²) in [5.74, 6) is -0.0634. The van der Waals surface area contributed by atoms with Crippen LogP contribution < -0.4 is 5.32 Å².